The highest BCUT2D eigenvalue weighted by molar-refractivity contribution is 7.98. The molecule has 1 fully saturated rings. The molecule has 3 rings (SSSR count). The summed E-state index contributed by atoms with van der Waals surface area (Å²) in [7, 11) is 0. The maximum atomic E-state index is 5.87. The number of hydrogen-bond acceptors (Lipinski definition) is 4. The van der Waals surface area contributed by atoms with Crippen LogP contribution in [0.1, 0.15) is 30.2 Å². The van der Waals surface area contributed by atoms with Crippen molar-refractivity contribution in [1.29, 1.82) is 0 Å². The molecule has 0 unspecified atom stereocenters. The fraction of sp³-hybridized carbons (Fsp3) is 0.429. The monoisotopic (exact) mass is 310 g/mol. The number of thioether (sulfide) groups is 1. The van der Waals surface area contributed by atoms with E-state index < -0.39 is 0 Å². The van der Waals surface area contributed by atoms with E-state index in [1.165, 1.54) is 5.56 Å². The number of aromatic nitrogens is 2. The predicted octanol–water partition coefficient (Wildman–Crippen LogP) is 2.46. The van der Waals surface area contributed by atoms with Crippen LogP contribution < -0.4 is 5.32 Å². The Morgan fingerprint density at radius 3 is 2.70 bits per heavy atom. The first-order valence-electron chi connectivity index (χ1n) is 6.83. The molecule has 1 saturated heterocycles. The van der Waals surface area contributed by atoms with Gasteiger partial charge in [-0.25, -0.2) is 0 Å². The number of piperidine rings is 1. The minimum absolute atomic E-state index is 0.442. The van der Waals surface area contributed by atoms with Crippen LogP contribution in [0.25, 0.3) is 0 Å². The third kappa shape index (κ3) is 3.53. The third-order valence-corrected chi connectivity index (χ3v) is 4.63. The molecule has 106 valence electrons. The van der Waals surface area contributed by atoms with Crippen LogP contribution in [-0.2, 0) is 5.75 Å². The SMILES string of the molecule is Clc1ccc(CSc2nnc(C3CC[NH2+]CC3)o2)cc1. The fourth-order valence-electron chi connectivity index (χ4n) is 2.34. The van der Waals surface area contributed by atoms with Crippen LogP contribution in [0.3, 0.4) is 0 Å². The van der Waals surface area contributed by atoms with Gasteiger partial charge in [-0.1, -0.05) is 35.5 Å². The lowest BCUT2D eigenvalue weighted by molar-refractivity contribution is -0.663. The predicted molar refractivity (Wildman–Crippen MR) is 78.9 cm³/mol. The van der Waals surface area contributed by atoms with E-state index in [0.717, 1.165) is 42.6 Å². The number of quaternary nitrogens is 1. The molecule has 4 nitrogen and oxygen atoms in total. The Morgan fingerprint density at radius 1 is 1.20 bits per heavy atom. The largest absolute Gasteiger partial charge is 0.416 e. The molecule has 1 aromatic heterocycles. The lowest BCUT2D eigenvalue weighted by Gasteiger charge is -2.16. The van der Waals surface area contributed by atoms with Gasteiger partial charge in [0.05, 0.1) is 13.1 Å². The van der Waals surface area contributed by atoms with Crippen LogP contribution in [0.5, 0.6) is 0 Å². The Kier molecular flexibility index (Phi) is 4.60. The van der Waals surface area contributed by atoms with Crippen molar-refractivity contribution in [3.05, 3.63) is 40.7 Å². The van der Waals surface area contributed by atoms with Crippen molar-refractivity contribution >= 4 is 23.4 Å². The fourth-order valence-corrected chi connectivity index (χ4v) is 3.19. The number of rotatable bonds is 4. The zero-order valence-corrected chi connectivity index (χ0v) is 12.7. The van der Waals surface area contributed by atoms with Gasteiger partial charge in [-0.3, -0.25) is 0 Å². The summed E-state index contributed by atoms with van der Waals surface area (Å²) < 4.78 is 5.77. The highest BCUT2D eigenvalue weighted by atomic mass is 35.5. The Bertz CT molecular complexity index is 552. The topological polar surface area (TPSA) is 55.5 Å². The molecule has 0 saturated carbocycles. The molecule has 1 aliphatic rings. The van der Waals surface area contributed by atoms with Gasteiger partial charge in [0.15, 0.2) is 0 Å². The van der Waals surface area contributed by atoms with Crippen LogP contribution in [0.2, 0.25) is 5.02 Å². The Hall–Kier alpha value is -1.04. The molecular formula is C14H17ClN3OS+. The molecule has 20 heavy (non-hydrogen) atoms. The van der Waals surface area contributed by atoms with E-state index in [1.807, 2.05) is 24.3 Å². The van der Waals surface area contributed by atoms with E-state index in [4.69, 9.17) is 16.0 Å². The summed E-state index contributed by atoms with van der Waals surface area (Å²) in [5.41, 5.74) is 1.20. The molecule has 0 aliphatic carbocycles. The van der Waals surface area contributed by atoms with Gasteiger partial charge >= 0.3 is 0 Å². The second kappa shape index (κ2) is 6.61. The molecule has 0 atom stereocenters. The van der Waals surface area contributed by atoms with Crippen LogP contribution in [0, 0.1) is 0 Å². The van der Waals surface area contributed by atoms with Gasteiger partial charge in [0, 0.05) is 29.5 Å². The van der Waals surface area contributed by atoms with E-state index >= 15 is 0 Å². The first-order chi connectivity index (χ1) is 9.81. The Balaban J connectivity index is 1.58. The number of nitrogens with zero attached hydrogens (tertiary/aromatic N) is 2. The quantitative estimate of drug-likeness (QED) is 0.881. The number of benzene rings is 1. The van der Waals surface area contributed by atoms with Crippen molar-refractivity contribution in [3.63, 3.8) is 0 Å². The summed E-state index contributed by atoms with van der Waals surface area (Å²) in [6, 6.07) is 7.83. The number of nitrogens with two attached hydrogens (primary N) is 1. The van der Waals surface area contributed by atoms with Crippen molar-refractivity contribution in [2.45, 2.75) is 29.7 Å². The first-order valence-corrected chi connectivity index (χ1v) is 8.20. The first kappa shape index (κ1) is 13.9. The molecule has 0 spiro atoms. The molecule has 0 bridgehead atoms. The van der Waals surface area contributed by atoms with E-state index in [9.17, 15) is 0 Å². The molecule has 2 N–H and O–H groups in total. The van der Waals surface area contributed by atoms with Gasteiger partial charge in [-0.05, 0) is 17.7 Å². The van der Waals surface area contributed by atoms with Crippen molar-refractivity contribution in [2.75, 3.05) is 13.1 Å². The maximum Gasteiger partial charge on any atom is 0.276 e. The van der Waals surface area contributed by atoms with Gasteiger partial charge in [-0.15, -0.1) is 10.2 Å². The number of halogens is 1. The van der Waals surface area contributed by atoms with Crippen LogP contribution in [0.15, 0.2) is 33.9 Å². The molecule has 1 aliphatic heterocycles. The van der Waals surface area contributed by atoms with E-state index in [2.05, 4.69) is 15.5 Å². The normalized spacial score (nSPS) is 16.4. The zero-order valence-electron chi connectivity index (χ0n) is 11.1. The molecule has 2 aromatic rings. The standard InChI is InChI=1S/C14H16ClN3OS/c15-12-3-1-10(2-4-12)9-20-14-18-17-13(19-14)11-5-7-16-8-6-11/h1-4,11,16H,5-9H2/p+1. The van der Waals surface area contributed by atoms with E-state index in [-0.39, 0.29) is 0 Å². The van der Waals surface area contributed by atoms with Gasteiger partial charge in [0.2, 0.25) is 5.89 Å². The molecule has 0 radical (unpaired) electrons. The van der Waals surface area contributed by atoms with Crippen LogP contribution >= 0.6 is 23.4 Å². The van der Waals surface area contributed by atoms with Gasteiger partial charge in [0.25, 0.3) is 5.22 Å². The number of hydrogen-bond donors (Lipinski definition) is 1. The van der Waals surface area contributed by atoms with Crippen molar-refractivity contribution < 1.29 is 9.73 Å². The zero-order chi connectivity index (χ0) is 13.8. The summed E-state index contributed by atoms with van der Waals surface area (Å²) in [6.07, 6.45) is 2.26. The van der Waals surface area contributed by atoms with Crippen LogP contribution in [-0.4, -0.2) is 23.3 Å². The lowest BCUT2D eigenvalue weighted by Crippen LogP contribution is -2.86. The van der Waals surface area contributed by atoms with E-state index in [0.29, 0.717) is 11.1 Å². The summed E-state index contributed by atoms with van der Waals surface area (Å²) >= 11 is 7.44. The minimum Gasteiger partial charge on any atom is -0.416 e. The highest BCUT2D eigenvalue weighted by Gasteiger charge is 2.23. The smallest absolute Gasteiger partial charge is 0.276 e. The van der Waals surface area contributed by atoms with E-state index in [1.54, 1.807) is 11.8 Å². The van der Waals surface area contributed by atoms with Crippen molar-refractivity contribution in [1.82, 2.24) is 10.2 Å². The summed E-state index contributed by atoms with van der Waals surface area (Å²) in [5, 5.41) is 12.1. The summed E-state index contributed by atoms with van der Waals surface area (Å²) in [5.74, 6) is 2.06. The maximum absolute atomic E-state index is 5.87. The second-order valence-corrected chi connectivity index (χ2v) is 6.32. The second-order valence-electron chi connectivity index (χ2n) is 4.96. The van der Waals surface area contributed by atoms with Crippen molar-refractivity contribution in [3.8, 4) is 0 Å². The minimum atomic E-state index is 0.442. The van der Waals surface area contributed by atoms with Gasteiger partial charge in [0.1, 0.15) is 0 Å². The summed E-state index contributed by atoms with van der Waals surface area (Å²) in [6.45, 7) is 2.31. The van der Waals surface area contributed by atoms with Crippen molar-refractivity contribution in [2.24, 2.45) is 0 Å². The average molecular weight is 311 g/mol. The molecule has 1 aromatic carbocycles. The Labute approximate surface area is 127 Å². The van der Waals surface area contributed by atoms with Gasteiger partial charge < -0.3 is 9.73 Å². The average Bonchev–Trinajstić information content (AvgIpc) is 2.97. The van der Waals surface area contributed by atoms with Gasteiger partial charge in [-0.2, -0.15) is 0 Å². The molecular weight excluding hydrogens is 294 g/mol. The third-order valence-electron chi connectivity index (χ3n) is 3.49. The lowest BCUT2D eigenvalue weighted by atomic mass is 9.98. The highest BCUT2D eigenvalue weighted by Crippen LogP contribution is 2.27. The molecule has 2 heterocycles. The van der Waals surface area contributed by atoms with Crippen LogP contribution in [0.4, 0.5) is 0 Å². The summed E-state index contributed by atoms with van der Waals surface area (Å²) in [4.78, 5) is 0. The molecule has 0 amide bonds. The Morgan fingerprint density at radius 2 is 1.95 bits per heavy atom. The molecule has 6 heteroatoms.